The average molecular weight is 362 g/mol. The summed E-state index contributed by atoms with van der Waals surface area (Å²) in [5.41, 5.74) is 0.526. The summed E-state index contributed by atoms with van der Waals surface area (Å²) < 4.78 is 9.57. The molecule has 0 radical (unpaired) electrons. The van der Waals surface area contributed by atoms with Gasteiger partial charge in [-0.15, -0.1) is 0 Å². The van der Waals surface area contributed by atoms with E-state index in [0.29, 0.717) is 5.56 Å². The maximum absolute atomic E-state index is 12.4. The first kappa shape index (κ1) is 19.1. The molecule has 3 atom stereocenters. The van der Waals surface area contributed by atoms with Gasteiger partial charge >= 0.3 is 17.9 Å². The fourth-order valence-corrected chi connectivity index (χ4v) is 2.52. The van der Waals surface area contributed by atoms with Crippen LogP contribution in [0.3, 0.4) is 0 Å². The topological polar surface area (TPSA) is 128 Å². The normalized spacial score (nSPS) is 20.4. The maximum Gasteiger partial charge on any atom is 0.316 e. The minimum atomic E-state index is -1.18. The zero-order valence-electron chi connectivity index (χ0n) is 14.2. The molecule has 2 amide bonds. The number of carbonyl (C=O) groups is 5. The second kappa shape index (κ2) is 8.24. The Morgan fingerprint density at radius 2 is 1.65 bits per heavy atom. The quantitative estimate of drug-likeness (QED) is 0.546. The monoisotopic (exact) mass is 362 g/mol. The van der Waals surface area contributed by atoms with Crippen molar-refractivity contribution < 1.29 is 33.4 Å². The van der Waals surface area contributed by atoms with Crippen LogP contribution in [0, 0.1) is 0 Å². The standard InChI is InChI=1S/C17H18N2O7/c1-9(20)25-13(22)8-12-16(23)19-14(17(24)18-12)15(26-10(2)21)11-6-4-3-5-7-11/h3-7,12,14-15H,8H2,1-2H3,(H,18,24)(H,19,23)/t12-,14?,15?/m0/s1. The molecule has 1 heterocycles. The lowest BCUT2D eigenvalue weighted by molar-refractivity contribution is -0.159. The third-order valence-electron chi connectivity index (χ3n) is 3.57. The summed E-state index contributed by atoms with van der Waals surface area (Å²) in [5.74, 6) is -3.64. The Labute approximate surface area is 149 Å². The predicted molar refractivity (Wildman–Crippen MR) is 86.2 cm³/mol. The molecule has 2 rings (SSSR count). The van der Waals surface area contributed by atoms with E-state index in [9.17, 15) is 24.0 Å². The van der Waals surface area contributed by atoms with Crippen LogP contribution in [-0.2, 0) is 33.4 Å². The van der Waals surface area contributed by atoms with Crippen LogP contribution in [0.4, 0.5) is 0 Å². The van der Waals surface area contributed by atoms with Crippen molar-refractivity contribution in [3.8, 4) is 0 Å². The highest BCUT2D eigenvalue weighted by atomic mass is 16.6. The fraction of sp³-hybridized carbons (Fsp3) is 0.353. The van der Waals surface area contributed by atoms with Crippen LogP contribution in [0.1, 0.15) is 31.9 Å². The molecule has 1 aromatic rings. The Morgan fingerprint density at radius 1 is 1.00 bits per heavy atom. The molecule has 1 fully saturated rings. The van der Waals surface area contributed by atoms with E-state index >= 15 is 0 Å². The Kier molecular flexibility index (Phi) is 6.05. The van der Waals surface area contributed by atoms with Crippen molar-refractivity contribution in [2.75, 3.05) is 0 Å². The van der Waals surface area contributed by atoms with Gasteiger partial charge < -0.3 is 20.1 Å². The largest absolute Gasteiger partial charge is 0.455 e. The maximum atomic E-state index is 12.4. The molecule has 0 bridgehead atoms. The van der Waals surface area contributed by atoms with Gasteiger partial charge in [-0.3, -0.25) is 24.0 Å². The van der Waals surface area contributed by atoms with E-state index in [1.807, 2.05) is 0 Å². The van der Waals surface area contributed by atoms with Gasteiger partial charge in [-0.1, -0.05) is 30.3 Å². The van der Waals surface area contributed by atoms with Crippen molar-refractivity contribution in [1.29, 1.82) is 0 Å². The smallest absolute Gasteiger partial charge is 0.316 e. The van der Waals surface area contributed by atoms with Gasteiger partial charge in [0.2, 0.25) is 11.8 Å². The molecule has 9 heteroatoms. The van der Waals surface area contributed by atoms with Gasteiger partial charge in [0.1, 0.15) is 12.1 Å². The van der Waals surface area contributed by atoms with Crippen molar-refractivity contribution in [2.24, 2.45) is 0 Å². The minimum absolute atomic E-state index is 0.493. The van der Waals surface area contributed by atoms with Crippen molar-refractivity contribution >= 4 is 29.7 Å². The van der Waals surface area contributed by atoms with Gasteiger partial charge in [-0.2, -0.15) is 0 Å². The van der Waals surface area contributed by atoms with E-state index in [-0.39, 0.29) is 0 Å². The molecule has 2 N–H and O–H groups in total. The van der Waals surface area contributed by atoms with Gasteiger partial charge in [0.25, 0.3) is 0 Å². The van der Waals surface area contributed by atoms with Crippen LogP contribution in [0.2, 0.25) is 0 Å². The zero-order valence-corrected chi connectivity index (χ0v) is 14.2. The molecule has 2 unspecified atom stereocenters. The molecular formula is C17H18N2O7. The molecule has 1 aliphatic rings. The summed E-state index contributed by atoms with van der Waals surface area (Å²) in [6, 6.07) is 6.13. The predicted octanol–water partition coefficient (Wildman–Crippen LogP) is -0.246. The number of amides is 2. The van der Waals surface area contributed by atoms with Crippen LogP contribution in [0.5, 0.6) is 0 Å². The van der Waals surface area contributed by atoms with Crippen LogP contribution in [-0.4, -0.2) is 41.8 Å². The van der Waals surface area contributed by atoms with E-state index in [2.05, 4.69) is 15.4 Å². The van der Waals surface area contributed by atoms with E-state index in [0.717, 1.165) is 6.92 Å². The lowest BCUT2D eigenvalue weighted by Gasteiger charge is -2.33. The molecule has 9 nitrogen and oxygen atoms in total. The van der Waals surface area contributed by atoms with Gasteiger partial charge in [0.15, 0.2) is 6.10 Å². The molecular weight excluding hydrogens is 344 g/mol. The Bertz CT molecular complexity index is 732. The summed E-state index contributed by atoms with van der Waals surface area (Å²) >= 11 is 0. The Morgan fingerprint density at radius 3 is 2.23 bits per heavy atom. The number of piperazine rings is 1. The van der Waals surface area contributed by atoms with Crippen LogP contribution in [0.25, 0.3) is 0 Å². The SMILES string of the molecule is CC(=O)OC(=O)C[C@@H]1NC(=O)C(C(OC(C)=O)c2ccccc2)NC1=O. The summed E-state index contributed by atoms with van der Waals surface area (Å²) in [6.45, 7) is 2.25. The number of carbonyl (C=O) groups excluding carboxylic acids is 5. The van der Waals surface area contributed by atoms with Gasteiger partial charge in [-0.05, 0) is 5.56 Å². The average Bonchev–Trinajstić information content (AvgIpc) is 2.56. The van der Waals surface area contributed by atoms with Gasteiger partial charge in [0, 0.05) is 13.8 Å². The van der Waals surface area contributed by atoms with Crippen LogP contribution < -0.4 is 10.6 Å². The minimum Gasteiger partial charge on any atom is -0.455 e. The number of ether oxygens (including phenoxy) is 2. The molecule has 0 spiro atoms. The third kappa shape index (κ3) is 4.88. The molecule has 1 aromatic carbocycles. The second-order valence-electron chi connectivity index (χ2n) is 5.66. The number of nitrogens with one attached hydrogen (secondary N) is 2. The Hall–Kier alpha value is -3.23. The molecule has 0 aromatic heterocycles. The summed E-state index contributed by atoms with van der Waals surface area (Å²) in [7, 11) is 0. The highest BCUT2D eigenvalue weighted by Crippen LogP contribution is 2.23. The molecule has 0 saturated carbocycles. The number of rotatable bonds is 5. The van der Waals surface area contributed by atoms with Crippen LogP contribution >= 0.6 is 0 Å². The van der Waals surface area contributed by atoms with Gasteiger partial charge in [-0.25, -0.2) is 0 Å². The summed E-state index contributed by atoms with van der Waals surface area (Å²) in [6.07, 6.45) is -1.52. The number of benzene rings is 1. The molecule has 1 saturated heterocycles. The highest BCUT2D eigenvalue weighted by Gasteiger charge is 2.41. The highest BCUT2D eigenvalue weighted by molar-refractivity contribution is 5.99. The van der Waals surface area contributed by atoms with Crippen LogP contribution in [0.15, 0.2) is 30.3 Å². The lowest BCUT2D eigenvalue weighted by atomic mass is 9.97. The van der Waals surface area contributed by atoms with Crippen molar-refractivity contribution in [1.82, 2.24) is 10.6 Å². The molecule has 26 heavy (non-hydrogen) atoms. The summed E-state index contributed by atoms with van der Waals surface area (Å²) in [4.78, 5) is 58.3. The van der Waals surface area contributed by atoms with Crippen molar-refractivity contribution in [3.63, 3.8) is 0 Å². The Balaban J connectivity index is 2.14. The third-order valence-corrected chi connectivity index (χ3v) is 3.57. The lowest BCUT2D eigenvalue weighted by Crippen LogP contribution is -2.64. The van der Waals surface area contributed by atoms with E-state index in [4.69, 9.17) is 4.74 Å². The zero-order chi connectivity index (χ0) is 19.3. The second-order valence-corrected chi connectivity index (χ2v) is 5.66. The first-order valence-corrected chi connectivity index (χ1v) is 7.82. The number of hydrogen-bond donors (Lipinski definition) is 2. The van der Waals surface area contributed by atoms with Crippen molar-refractivity contribution in [3.05, 3.63) is 35.9 Å². The first-order valence-electron chi connectivity index (χ1n) is 7.82. The number of hydrogen-bond acceptors (Lipinski definition) is 7. The van der Waals surface area contributed by atoms with E-state index < -0.39 is 54.3 Å². The number of esters is 3. The van der Waals surface area contributed by atoms with E-state index in [1.54, 1.807) is 30.3 Å². The van der Waals surface area contributed by atoms with Gasteiger partial charge in [0.05, 0.1) is 6.42 Å². The summed E-state index contributed by atoms with van der Waals surface area (Å²) in [5, 5.41) is 4.85. The first-order chi connectivity index (χ1) is 12.3. The molecule has 0 aliphatic carbocycles. The fourth-order valence-electron chi connectivity index (χ4n) is 2.52. The van der Waals surface area contributed by atoms with Crippen molar-refractivity contribution in [2.45, 2.75) is 38.5 Å². The molecule has 138 valence electrons. The van der Waals surface area contributed by atoms with E-state index in [1.165, 1.54) is 6.92 Å². The molecule has 1 aliphatic heterocycles.